The first-order valence-electron chi connectivity index (χ1n) is 14.6. The molecule has 3 unspecified atom stereocenters. The fourth-order valence-corrected chi connectivity index (χ4v) is 5.10. The molecule has 1 fully saturated rings. The van der Waals surface area contributed by atoms with Gasteiger partial charge in [0.05, 0.1) is 5.41 Å². The van der Waals surface area contributed by atoms with Crippen molar-refractivity contribution < 1.29 is 29.1 Å². The third kappa shape index (κ3) is 14.0. The lowest BCUT2D eigenvalue weighted by Crippen LogP contribution is -2.43. The van der Waals surface area contributed by atoms with Crippen LogP contribution in [0.15, 0.2) is 0 Å². The Morgan fingerprint density at radius 3 is 1.92 bits per heavy atom. The first-order chi connectivity index (χ1) is 16.8. The van der Waals surface area contributed by atoms with E-state index in [9.17, 15) is 9.59 Å². The molecule has 0 radical (unpaired) electrons. The molecule has 3 atom stereocenters. The second kappa shape index (κ2) is 16.0. The van der Waals surface area contributed by atoms with E-state index >= 15 is 0 Å². The summed E-state index contributed by atoms with van der Waals surface area (Å²) in [6, 6.07) is 0. The molecule has 1 rings (SSSR count). The van der Waals surface area contributed by atoms with E-state index in [0.29, 0.717) is 18.3 Å². The maximum Gasteiger partial charge on any atom is 0.348 e. The van der Waals surface area contributed by atoms with Gasteiger partial charge in [-0.15, -0.1) is 0 Å². The highest BCUT2D eigenvalue weighted by Crippen LogP contribution is 2.48. The minimum absolute atomic E-state index is 0.185. The highest BCUT2D eigenvalue weighted by atomic mass is 17.2. The molecule has 0 amide bonds. The van der Waals surface area contributed by atoms with E-state index in [-0.39, 0.29) is 11.9 Å². The largest absolute Gasteiger partial charge is 0.348 e. The van der Waals surface area contributed by atoms with Gasteiger partial charge in [0.25, 0.3) is 0 Å². The first-order valence-corrected chi connectivity index (χ1v) is 14.6. The van der Waals surface area contributed by atoms with Crippen LogP contribution in [0.2, 0.25) is 0 Å². The second-order valence-corrected chi connectivity index (χ2v) is 13.1. The van der Waals surface area contributed by atoms with Crippen LogP contribution in [0.25, 0.3) is 0 Å². The van der Waals surface area contributed by atoms with Gasteiger partial charge in [-0.2, -0.15) is 9.78 Å². The molecule has 0 aromatic heterocycles. The van der Waals surface area contributed by atoms with Crippen LogP contribution < -0.4 is 0 Å². The number of hydrogen-bond acceptors (Lipinski definition) is 6. The van der Waals surface area contributed by atoms with Gasteiger partial charge in [0, 0.05) is 6.42 Å². The third-order valence-corrected chi connectivity index (χ3v) is 7.15. The van der Waals surface area contributed by atoms with Crippen molar-refractivity contribution in [3.8, 4) is 0 Å². The summed E-state index contributed by atoms with van der Waals surface area (Å²) in [5.74, 6) is 0.466. The minimum atomic E-state index is -0.502. The molecule has 0 N–H and O–H groups in total. The summed E-state index contributed by atoms with van der Waals surface area (Å²) in [6.45, 7) is 15.6. The molecule has 0 bridgehead atoms. The quantitative estimate of drug-likeness (QED) is 0.117. The summed E-state index contributed by atoms with van der Waals surface area (Å²) in [5, 5.41) is 0. The van der Waals surface area contributed by atoms with Crippen LogP contribution in [0.1, 0.15) is 152 Å². The van der Waals surface area contributed by atoms with Crippen LogP contribution in [0.4, 0.5) is 0 Å². The van der Waals surface area contributed by atoms with Crippen molar-refractivity contribution in [3.63, 3.8) is 0 Å². The van der Waals surface area contributed by atoms with Crippen molar-refractivity contribution in [2.75, 3.05) is 0 Å². The van der Waals surface area contributed by atoms with Gasteiger partial charge >= 0.3 is 11.9 Å². The normalized spacial score (nSPS) is 22.9. The van der Waals surface area contributed by atoms with E-state index in [1.807, 2.05) is 41.5 Å². The Hall–Kier alpha value is -1.14. The van der Waals surface area contributed by atoms with Gasteiger partial charge in [-0.3, -0.25) is 9.78 Å². The Bertz CT molecular complexity index is 632. The van der Waals surface area contributed by atoms with E-state index in [1.165, 1.54) is 51.4 Å². The molecule has 6 heteroatoms. The van der Waals surface area contributed by atoms with Crippen LogP contribution in [-0.4, -0.2) is 23.1 Å². The Labute approximate surface area is 221 Å². The monoisotopic (exact) mass is 512 g/mol. The summed E-state index contributed by atoms with van der Waals surface area (Å²) in [4.78, 5) is 45.6. The summed E-state index contributed by atoms with van der Waals surface area (Å²) in [7, 11) is 0. The van der Waals surface area contributed by atoms with E-state index < -0.39 is 16.6 Å². The molecule has 0 heterocycles. The van der Waals surface area contributed by atoms with Crippen LogP contribution in [0.5, 0.6) is 0 Å². The van der Waals surface area contributed by atoms with Crippen molar-refractivity contribution in [1.29, 1.82) is 0 Å². The van der Waals surface area contributed by atoms with E-state index in [1.54, 1.807) is 0 Å². The van der Waals surface area contributed by atoms with Crippen molar-refractivity contribution in [2.45, 2.75) is 163 Å². The standard InChI is InChI=1S/C30H56O6/c1-9-10-15-19-25-22-21-24(23-30(25,8)27(32)34-36-29(5,6)7)18-16-13-11-12-14-17-20-26(31)33-35-28(2,3)4/h24-25H,9-23H2,1-8H3. The van der Waals surface area contributed by atoms with Crippen molar-refractivity contribution >= 4 is 11.9 Å². The first kappa shape index (κ1) is 32.9. The highest BCUT2D eigenvalue weighted by molar-refractivity contribution is 5.76. The SMILES string of the molecule is CCCCCC1CCC(CCCCCCCCC(=O)OOC(C)(C)C)CC1(C)C(=O)OOC(C)(C)C. The Morgan fingerprint density at radius 1 is 0.750 bits per heavy atom. The zero-order valence-electron chi connectivity index (χ0n) is 24.7. The Morgan fingerprint density at radius 2 is 1.31 bits per heavy atom. The zero-order valence-corrected chi connectivity index (χ0v) is 24.7. The van der Waals surface area contributed by atoms with Crippen LogP contribution in [0, 0.1) is 17.3 Å². The molecule has 36 heavy (non-hydrogen) atoms. The van der Waals surface area contributed by atoms with E-state index in [2.05, 4.69) is 13.8 Å². The minimum Gasteiger partial charge on any atom is -0.298 e. The number of hydrogen-bond donors (Lipinski definition) is 0. The van der Waals surface area contributed by atoms with Gasteiger partial charge in [0.1, 0.15) is 11.2 Å². The lowest BCUT2D eigenvalue weighted by molar-refractivity contribution is -0.329. The lowest BCUT2D eigenvalue weighted by atomic mass is 9.62. The molecule has 0 saturated heterocycles. The number of unbranched alkanes of at least 4 members (excludes halogenated alkanes) is 7. The molecule has 0 aromatic carbocycles. The molecule has 1 saturated carbocycles. The predicted molar refractivity (Wildman–Crippen MR) is 144 cm³/mol. The smallest absolute Gasteiger partial charge is 0.298 e. The fraction of sp³-hybridized carbons (Fsp3) is 0.933. The Kier molecular flexibility index (Phi) is 14.6. The average Bonchev–Trinajstić information content (AvgIpc) is 2.78. The van der Waals surface area contributed by atoms with Crippen molar-refractivity contribution in [1.82, 2.24) is 0 Å². The summed E-state index contributed by atoms with van der Waals surface area (Å²) >= 11 is 0. The topological polar surface area (TPSA) is 71.1 Å². The number of rotatable bonds is 16. The summed E-state index contributed by atoms with van der Waals surface area (Å²) < 4.78 is 0. The predicted octanol–water partition coefficient (Wildman–Crippen LogP) is 8.66. The highest BCUT2D eigenvalue weighted by Gasteiger charge is 2.47. The maximum atomic E-state index is 13.2. The van der Waals surface area contributed by atoms with Gasteiger partial charge in [0.2, 0.25) is 0 Å². The zero-order chi connectivity index (χ0) is 27.2. The summed E-state index contributed by atoms with van der Waals surface area (Å²) in [5.41, 5.74) is -1.44. The molecule has 0 spiro atoms. The molecular formula is C30H56O6. The maximum absolute atomic E-state index is 13.2. The molecule has 0 aromatic rings. The molecular weight excluding hydrogens is 456 g/mol. The van der Waals surface area contributed by atoms with Crippen molar-refractivity contribution in [2.24, 2.45) is 17.3 Å². The van der Waals surface area contributed by atoms with E-state index in [0.717, 1.165) is 38.5 Å². The lowest BCUT2D eigenvalue weighted by Gasteiger charge is -2.43. The van der Waals surface area contributed by atoms with Crippen LogP contribution >= 0.6 is 0 Å². The second-order valence-electron chi connectivity index (χ2n) is 13.1. The number of carbonyl (C=O) groups is 2. The molecule has 212 valence electrons. The van der Waals surface area contributed by atoms with Gasteiger partial charge in [-0.05, 0) is 86.0 Å². The molecule has 6 nitrogen and oxygen atoms in total. The van der Waals surface area contributed by atoms with Gasteiger partial charge < -0.3 is 0 Å². The van der Waals surface area contributed by atoms with Gasteiger partial charge in [-0.1, -0.05) is 71.1 Å². The Balaban J connectivity index is 2.37. The molecule has 1 aliphatic carbocycles. The molecule has 0 aliphatic heterocycles. The van der Waals surface area contributed by atoms with Crippen LogP contribution in [0.3, 0.4) is 0 Å². The van der Waals surface area contributed by atoms with Gasteiger partial charge in [-0.25, -0.2) is 9.59 Å². The van der Waals surface area contributed by atoms with Gasteiger partial charge in [0.15, 0.2) is 0 Å². The number of carbonyl (C=O) groups excluding carboxylic acids is 2. The average molecular weight is 513 g/mol. The van der Waals surface area contributed by atoms with Crippen molar-refractivity contribution in [3.05, 3.63) is 0 Å². The fourth-order valence-electron chi connectivity index (χ4n) is 5.10. The van der Waals surface area contributed by atoms with E-state index in [4.69, 9.17) is 19.6 Å². The molecule has 1 aliphatic rings. The summed E-state index contributed by atoms with van der Waals surface area (Å²) in [6.07, 6.45) is 16.0. The van der Waals surface area contributed by atoms with Crippen LogP contribution in [-0.2, 0) is 29.1 Å². The third-order valence-electron chi connectivity index (χ3n) is 7.15.